The van der Waals surface area contributed by atoms with Crippen LogP contribution >= 0.6 is 0 Å². The van der Waals surface area contributed by atoms with Gasteiger partial charge in [0.1, 0.15) is 12.0 Å². The molecule has 1 aliphatic heterocycles. The van der Waals surface area contributed by atoms with E-state index < -0.39 is 41.1 Å². The Balaban J connectivity index is 1.76. The molecule has 10 heteroatoms. The van der Waals surface area contributed by atoms with E-state index in [1.807, 2.05) is 12.1 Å². The number of hydrogen-bond acceptors (Lipinski definition) is 6. The van der Waals surface area contributed by atoms with Gasteiger partial charge < -0.3 is 20.8 Å². The molecule has 10 nitrogen and oxygen atoms in total. The van der Waals surface area contributed by atoms with Crippen LogP contribution in [-0.4, -0.2) is 59.0 Å². The monoisotopic (exact) mass is 499 g/mol. The third-order valence-corrected chi connectivity index (χ3v) is 7.09. The minimum Gasteiger partial charge on any atom is -0.481 e. The third-order valence-electron chi connectivity index (χ3n) is 7.09. The van der Waals surface area contributed by atoms with Gasteiger partial charge in [0.15, 0.2) is 0 Å². The van der Waals surface area contributed by atoms with E-state index in [-0.39, 0.29) is 26.0 Å². The Hall–Kier alpha value is -3.49. The normalized spacial score (nSPS) is 19.4. The zero-order valence-electron chi connectivity index (χ0n) is 20.2. The highest BCUT2D eigenvalue weighted by Gasteiger charge is 2.46. The van der Waals surface area contributed by atoms with Crippen molar-refractivity contribution < 1.29 is 34.2 Å². The van der Waals surface area contributed by atoms with Crippen molar-refractivity contribution in [3.63, 3.8) is 0 Å². The molecule has 0 saturated heterocycles. The number of carbonyl (C=O) groups excluding carboxylic acids is 4. The fraction of sp³-hybridized carbons (Fsp3) is 0.538. The van der Waals surface area contributed by atoms with Crippen LogP contribution in [0.3, 0.4) is 0 Å². The number of carboxylic acid groups (broad SMARTS) is 1. The third kappa shape index (κ3) is 6.38. The molecule has 4 N–H and O–H groups in total. The van der Waals surface area contributed by atoms with Crippen LogP contribution in [0.25, 0.3) is 0 Å². The summed E-state index contributed by atoms with van der Waals surface area (Å²) in [6.07, 6.45) is 4.36. The molecule has 0 spiro atoms. The minimum absolute atomic E-state index is 0.0132. The fourth-order valence-corrected chi connectivity index (χ4v) is 5.20. The molecule has 0 bridgehead atoms. The molecule has 1 fully saturated rings. The van der Waals surface area contributed by atoms with E-state index in [2.05, 4.69) is 10.6 Å². The molecule has 3 rings (SSSR count). The zero-order valence-corrected chi connectivity index (χ0v) is 20.2. The largest absolute Gasteiger partial charge is 0.481 e. The number of carboxylic acids is 1. The predicted octanol–water partition coefficient (Wildman–Crippen LogP) is 1.34. The van der Waals surface area contributed by atoms with Gasteiger partial charge in [0.2, 0.25) is 11.8 Å². The van der Waals surface area contributed by atoms with Crippen LogP contribution in [0.4, 0.5) is 5.69 Å². The maximum absolute atomic E-state index is 13.6. The Bertz CT molecular complexity index is 1030. The molecule has 2 aliphatic rings. The summed E-state index contributed by atoms with van der Waals surface area (Å²) in [7, 11) is 0. The number of rotatable bonds is 11. The van der Waals surface area contributed by atoms with Crippen LogP contribution in [-0.2, 0) is 30.4 Å². The molecule has 1 saturated carbocycles. The minimum atomic E-state index is -1.16. The highest BCUT2D eigenvalue weighted by atomic mass is 16.4. The van der Waals surface area contributed by atoms with Gasteiger partial charge in [-0.3, -0.25) is 24.1 Å². The van der Waals surface area contributed by atoms with Gasteiger partial charge in [-0.2, -0.15) is 0 Å². The highest BCUT2D eigenvalue weighted by Crippen LogP contribution is 2.44. The van der Waals surface area contributed by atoms with E-state index in [4.69, 9.17) is 5.11 Å². The van der Waals surface area contributed by atoms with Crippen LogP contribution in [0, 0.1) is 11.3 Å². The van der Waals surface area contributed by atoms with Crippen molar-refractivity contribution in [1.82, 2.24) is 10.6 Å². The molecule has 1 aromatic rings. The molecule has 0 radical (unpaired) electrons. The number of hydrogen-bond donors (Lipinski definition) is 4. The SMILES string of the molecule is O=C=CN1C(=O)[C@@H](NC(=O)C2(CC(CC(=O)NCCCO)C(=O)O)CCCC2)CCc2ccccc21. The van der Waals surface area contributed by atoms with E-state index in [0.29, 0.717) is 37.8 Å². The average Bonchev–Trinajstić information content (AvgIpc) is 3.30. The number of benzene rings is 1. The lowest BCUT2D eigenvalue weighted by Crippen LogP contribution is -2.51. The van der Waals surface area contributed by atoms with Crippen molar-refractivity contribution in [2.45, 2.75) is 63.8 Å². The van der Waals surface area contributed by atoms with Crippen LogP contribution in [0.2, 0.25) is 0 Å². The van der Waals surface area contributed by atoms with Crippen LogP contribution < -0.4 is 15.5 Å². The first kappa shape index (κ1) is 27.1. The van der Waals surface area contributed by atoms with Gasteiger partial charge in [0, 0.05) is 19.6 Å². The highest BCUT2D eigenvalue weighted by molar-refractivity contribution is 6.03. The van der Waals surface area contributed by atoms with Gasteiger partial charge in [-0.25, -0.2) is 4.79 Å². The summed E-state index contributed by atoms with van der Waals surface area (Å²) in [5.74, 6) is -1.87. The molecule has 194 valence electrons. The number of aliphatic hydroxyl groups is 1. The van der Waals surface area contributed by atoms with Gasteiger partial charge in [-0.15, -0.1) is 0 Å². The average molecular weight is 500 g/mol. The number of fused-ring (bicyclic) bond motifs is 1. The lowest BCUT2D eigenvalue weighted by atomic mass is 9.75. The van der Waals surface area contributed by atoms with Crippen molar-refractivity contribution in [2.24, 2.45) is 11.3 Å². The smallest absolute Gasteiger partial charge is 0.307 e. The zero-order chi connectivity index (χ0) is 26.1. The summed E-state index contributed by atoms with van der Waals surface area (Å²) >= 11 is 0. The Morgan fingerprint density at radius 2 is 1.94 bits per heavy atom. The van der Waals surface area contributed by atoms with Gasteiger partial charge in [0.05, 0.1) is 23.2 Å². The number of nitrogens with one attached hydrogen (secondary N) is 2. The van der Waals surface area contributed by atoms with Crippen molar-refractivity contribution in [3.05, 3.63) is 36.0 Å². The van der Waals surface area contributed by atoms with E-state index in [0.717, 1.165) is 24.6 Å². The standard InChI is InChI=1S/C26H33N3O7/c30-14-5-12-27-22(32)16-19(24(34)35)17-26(10-3-4-11-26)25(36)28-20-9-8-18-6-1-2-7-21(18)29(13-15-31)23(20)33/h1-2,6-7,13,19-20,30H,3-5,8-12,14,16-17H2,(H,27,32)(H,28,36)(H,34,35)/t19?,20-/m0/s1. The number of amides is 3. The second-order valence-corrected chi connectivity index (χ2v) is 9.51. The molecule has 0 aromatic heterocycles. The maximum atomic E-state index is 13.6. The molecule has 3 amide bonds. The molecule has 1 heterocycles. The Morgan fingerprint density at radius 1 is 1.22 bits per heavy atom. The van der Waals surface area contributed by atoms with Gasteiger partial charge in [-0.1, -0.05) is 31.0 Å². The van der Waals surface area contributed by atoms with Crippen molar-refractivity contribution in [1.29, 1.82) is 0 Å². The van der Waals surface area contributed by atoms with Crippen LogP contribution in [0.15, 0.2) is 30.5 Å². The van der Waals surface area contributed by atoms with Gasteiger partial charge >= 0.3 is 5.97 Å². The number of aryl methyl sites for hydroxylation is 1. The molecule has 2 atom stereocenters. The van der Waals surface area contributed by atoms with Crippen LogP contribution in [0.5, 0.6) is 0 Å². The first-order valence-electron chi connectivity index (χ1n) is 12.3. The summed E-state index contributed by atoms with van der Waals surface area (Å²) < 4.78 is 0. The quantitative estimate of drug-likeness (QED) is 0.265. The Kier molecular flexibility index (Phi) is 9.38. The van der Waals surface area contributed by atoms with Gasteiger partial charge in [-0.05, 0) is 50.2 Å². The van der Waals surface area contributed by atoms with Crippen molar-refractivity contribution in [3.8, 4) is 0 Å². The summed E-state index contributed by atoms with van der Waals surface area (Å²) in [4.78, 5) is 63.5. The molecule has 1 aliphatic carbocycles. The first-order valence-corrected chi connectivity index (χ1v) is 12.3. The number of para-hydroxylation sites is 1. The van der Waals surface area contributed by atoms with Crippen molar-refractivity contribution >= 4 is 35.3 Å². The van der Waals surface area contributed by atoms with Crippen LogP contribution in [0.1, 0.15) is 56.9 Å². The summed E-state index contributed by atoms with van der Waals surface area (Å²) in [5.41, 5.74) is 0.429. The number of aliphatic hydroxyl groups excluding tert-OH is 1. The second-order valence-electron chi connectivity index (χ2n) is 9.51. The maximum Gasteiger partial charge on any atom is 0.307 e. The van der Waals surface area contributed by atoms with E-state index in [9.17, 15) is 29.1 Å². The lowest BCUT2D eigenvalue weighted by Gasteiger charge is -2.32. The summed E-state index contributed by atoms with van der Waals surface area (Å²) in [6, 6.07) is 6.30. The lowest BCUT2D eigenvalue weighted by molar-refractivity contribution is -0.147. The molecular weight excluding hydrogens is 466 g/mol. The molecular formula is C26H33N3O7. The molecule has 36 heavy (non-hydrogen) atoms. The summed E-state index contributed by atoms with van der Waals surface area (Å²) in [5, 5.41) is 24.1. The topological polar surface area (TPSA) is 153 Å². The van der Waals surface area contributed by atoms with E-state index >= 15 is 0 Å². The Labute approximate surface area is 209 Å². The van der Waals surface area contributed by atoms with Gasteiger partial charge in [0.25, 0.3) is 5.91 Å². The molecule has 1 aromatic carbocycles. The Morgan fingerprint density at radius 3 is 2.61 bits per heavy atom. The van der Waals surface area contributed by atoms with E-state index in [1.165, 1.54) is 4.90 Å². The predicted molar refractivity (Wildman–Crippen MR) is 130 cm³/mol. The summed E-state index contributed by atoms with van der Waals surface area (Å²) in [6.45, 7) is 0.155. The van der Waals surface area contributed by atoms with E-state index in [1.54, 1.807) is 18.1 Å². The number of aliphatic carboxylic acids is 1. The number of nitrogens with zero attached hydrogens (tertiary/aromatic N) is 1. The van der Waals surface area contributed by atoms with Crippen molar-refractivity contribution in [2.75, 3.05) is 18.1 Å². The number of carbonyl (C=O) groups is 4. The first-order chi connectivity index (χ1) is 17.3. The number of anilines is 1. The second kappa shape index (κ2) is 12.5. The molecule has 1 unspecified atom stereocenters. The fourth-order valence-electron chi connectivity index (χ4n) is 5.20.